The van der Waals surface area contributed by atoms with Gasteiger partial charge in [0.25, 0.3) is 0 Å². The smallest absolute Gasteiger partial charge is 0.177 e. The molecule has 0 unspecified atom stereocenters. The summed E-state index contributed by atoms with van der Waals surface area (Å²) in [7, 11) is 1.71. The summed E-state index contributed by atoms with van der Waals surface area (Å²) in [6.45, 7) is 5.02. The molecule has 0 aliphatic rings. The summed E-state index contributed by atoms with van der Waals surface area (Å²) in [4.78, 5) is 4.21. The SMILES string of the molecule is COCCc1cnc(Br)n1C(C)C. The van der Waals surface area contributed by atoms with Gasteiger partial charge in [0.2, 0.25) is 0 Å². The highest BCUT2D eigenvalue weighted by Gasteiger charge is 2.09. The molecule has 0 saturated carbocycles. The Kier molecular flexibility index (Phi) is 3.93. The first kappa shape index (κ1) is 10.7. The molecular formula is C9H15BrN2O. The van der Waals surface area contributed by atoms with E-state index in [1.165, 1.54) is 5.69 Å². The zero-order valence-electron chi connectivity index (χ0n) is 8.25. The number of hydrogen-bond donors (Lipinski definition) is 0. The highest BCUT2D eigenvalue weighted by atomic mass is 79.9. The second-order valence-corrected chi connectivity index (χ2v) is 3.93. The van der Waals surface area contributed by atoms with Gasteiger partial charge in [0.1, 0.15) is 0 Å². The minimum Gasteiger partial charge on any atom is -0.384 e. The first-order valence-electron chi connectivity index (χ1n) is 4.37. The maximum Gasteiger partial charge on any atom is 0.177 e. The van der Waals surface area contributed by atoms with Crippen molar-refractivity contribution in [2.24, 2.45) is 0 Å². The van der Waals surface area contributed by atoms with Crippen LogP contribution >= 0.6 is 15.9 Å². The lowest BCUT2D eigenvalue weighted by molar-refractivity contribution is 0.200. The van der Waals surface area contributed by atoms with Crippen molar-refractivity contribution in [3.05, 3.63) is 16.6 Å². The molecule has 0 fully saturated rings. The fourth-order valence-corrected chi connectivity index (χ4v) is 2.05. The van der Waals surface area contributed by atoms with Crippen LogP contribution < -0.4 is 0 Å². The molecule has 0 aliphatic carbocycles. The molecule has 0 N–H and O–H groups in total. The van der Waals surface area contributed by atoms with E-state index < -0.39 is 0 Å². The predicted octanol–water partition coefficient (Wildman–Crippen LogP) is 2.42. The molecule has 1 aromatic heterocycles. The van der Waals surface area contributed by atoms with Gasteiger partial charge in [0.05, 0.1) is 6.61 Å². The van der Waals surface area contributed by atoms with E-state index in [9.17, 15) is 0 Å². The molecule has 1 heterocycles. The number of nitrogens with zero attached hydrogens (tertiary/aromatic N) is 2. The van der Waals surface area contributed by atoms with Crippen molar-refractivity contribution in [1.29, 1.82) is 0 Å². The van der Waals surface area contributed by atoms with Gasteiger partial charge in [-0.2, -0.15) is 0 Å². The van der Waals surface area contributed by atoms with Crippen molar-refractivity contribution < 1.29 is 4.74 Å². The van der Waals surface area contributed by atoms with Crippen molar-refractivity contribution in [1.82, 2.24) is 9.55 Å². The first-order chi connectivity index (χ1) is 6.16. The molecule has 1 aromatic rings. The summed E-state index contributed by atoms with van der Waals surface area (Å²) in [5.41, 5.74) is 1.21. The number of hydrogen-bond acceptors (Lipinski definition) is 2. The van der Waals surface area contributed by atoms with Crippen LogP contribution in [0.25, 0.3) is 0 Å². The molecule has 13 heavy (non-hydrogen) atoms. The molecule has 0 amide bonds. The Morgan fingerprint density at radius 2 is 2.31 bits per heavy atom. The highest BCUT2D eigenvalue weighted by Crippen LogP contribution is 2.18. The summed E-state index contributed by atoms with van der Waals surface area (Å²) < 4.78 is 8.10. The number of ether oxygens (including phenoxy) is 1. The zero-order chi connectivity index (χ0) is 9.84. The maximum atomic E-state index is 5.03. The second-order valence-electron chi connectivity index (χ2n) is 3.23. The second kappa shape index (κ2) is 4.77. The Bertz CT molecular complexity index is 271. The summed E-state index contributed by atoms with van der Waals surface area (Å²) in [6.07, 6.45) is 2.80. The third kappa shape index (κ3) is 2.54. The molecule has 74 valence electrons. The fraction of sp³-hybridized carbons (Fsp3) is 0.667. The van der Waals surface area contributed by atoms with E-state index in [2.05, 4.69) is 39.3 Å². The van der Waals surface area contributed by atoms with E-state index in [0.29, 0.717) is 6.04 Å². The lowest BCUT2D eigenvalue weighted by Crippen LogP contribution is -2.08. The topological polar surface area (TPSA) is 27.1 Å². The van der Waals surface area contributed by atoms with E-state index in [-0.39, 0.29) is 0 Å². The van der Waals surface area contributed by atoms with E-state index in [1.807, 2.05) is 6.20 Å². The molecule has 3 nitrogen and oxygen atoms in total. The van der Waals surface area contributed by atoms with E-state index in [1.54, 1.807) is 7.11 Å². The van der Waals surface area contributed by atoms with Crippen LogP contribution in [-0.4, -0.2) is 23.3 Å². The zero-order valence-corrected chi connectivity index (χ0v) is 9.84. The van der Waals surface area contributed by atoms with Crippen LogP contribution in [0.5, 0.6) is 0 Å². The third-order valence-electron chi connectivity index (χ3n) is 1.91. The molecule has 1 rings (SSSR count). The largest absolute Gasteiger partial charge is 0.384 e. The van der Waals surface area contributed by atoms with Crippen molar-refractivity contribution in [3.8, 4) is 0 Å². The normalized spacial score (nSPS) is 11.2. The van der Waals surface area contributed by atoms with Gasteiger partial charge in [0, 0.05) is 31.5 Å². The molecule has 0 aliphatic heterocycles. The van der Waals surface area contributed by atoms with Crippen LogP contribution in [0.4, 0.5) is 0 Å². The molecule has 0 aromatic carbocycles. The number of aromatic nitrogens is 2. The molecular weight excluding hydrogens is 232 g/mol. The Morgan fingerprint density at radius 1 is 1.62 bits per heavy atom. The van der Waals surface area contributed by atoms with Crippen molar-refractivity contribution >= 4 is 15.9 Å². The van der Waals surface area contributed by atoms with E-state index in [4.69, 9.17) is 4.74 Å². The Morgan fingerprint density at radius 3 is 2.85 bits per heavy atom. The van der Waals surface area contributed by atoms with Gasteiger partial charge >= 0.3 is 0 Å². The van der Waals surface area contributed by atoms with Crippen molar-refractivity contribution in [2.75, 3.05) is 13.7 Å². The van der Waals surface area contributed by atoms with Crippen LogP contribution in [0.2, 0.25) is 0 Å². The summed E-state index contributed by atoms with van der Waals surface area (Å²) in [6, 6.07) is 0.434. The third-order valence-corrected chi connectivity index (χ3v) is 2.49. The minimum absolute atomic E-state index is 0.434. The van der Waals surface area contributed by atoms with Crippen molar-refractivity contribution in [3.63, 3.8) is 0 Å². The monoisotopic (exact) mass is 246 g/mol. The lowest BCUT2D eigenvalue weighted by Gasteiger charge is -2.12. The minimum atomic E-state index is 0.434. The molecule has 0 atom stereocenters. The van der Waals surface area contributed by atoms with Crippen LogP contribution in [0, 0.1) is 0 Å². The van der Waals surface area contributed by atoms with Gasteiger partial charge in [-0.05, 0) is 29.8 Å². The van der Waals surface area contributed by atoms with E-state index >= 15 is 0 Å². The summed E-state index contributed by atoms with van der Waals surface area (Å²) in [5.74, 6) is 0. The quantitative estimate of drug-likeness (QED) is 0.816. The van der Waals surface area contributed by atoms with Gasteiger partial charge in [-0.1, -0.05) is 0 Å². The molecule has 0 spiro atoms. The summed E-state index contributed by atoms with van der Waals surface area (Å²) >= 11 is 3.42. The van der Waals surface area contributed by atoms with Crippen LogP contribution in [0.15, 0.2) is 10.9 Å². The highest BCUT2D eigenvalue weighted by molar-refractivity contribution is 9.10. The summed E-state index contributed by atoms with van der Waals surface area (Å²) in [5, 5.41) is 0. The molecule has 0 radical (unpaired) electrons. The number of imidazole rings is 1. The van der Waals surface area contributed by atoms with Crippen LogP contribution in [0.3, 0.4) is 0 Å². The lowest BCUT2D eigenvalue weighted by atomic mass is 10.3. The Balaban J connectivity index is 2.81. The van der Waals surface area contributed by atoms with E-state index in [0.717, 1.165) is 17.8 Å². The molecule has 4 heteroatoms. The fourth-order valence-electron chi connectivity index (χ4n) is 1.31. The first-order valence-corrected chi connectivity index (χ1v) is 5.16. The number of halogens is 1. The Labute approximate surface area is 87.2 Å². The van der Waals surface area contributed by atoms with Crippen LogP contribution in [-0.2, 0) is 11.2 Å². The number of rotatable bonds is 4. The van der Waals surface area contributed by atoms with Gasteiger partial charge in [-0.25, -0.2) is 4.98 Å². The van der Waals surface area contributed by atoms with Gasteiger partial charge in [0.15, 0.2) is 4.73 Å². The number of methoxy groups -OCH3 is 1. The standard InChI is InChI=1S/C9H15BrN2O/c1-7(2)12-8(4-5-13-3)6-11-9(12)10/h6-7H,4-5H2,1-3H3. The average Bonchev–Trinajstić information content (AvgIpc) is 2.43. The average molecular weight is 247 g/mol. The van der Waals surface area contributed by atoms with Gasteiger partial charge < -0.3 is 9.30 Å². The Hall–Kier alpha value is -0.350. The van der Waals surface area contributed by atoms with Gasteiger partial charge in [-0.15, -0.1) is 0 Å². The predicted molar refractivity (Wildman–Crippen MR) is 55.9 cm³/mol. The molecule has 0 bridgehead atoms. The molecule has 0 saturated heterocycles. The van der Waals surface area contributed by atoms with Crippen molar-refractivity contribution in [2.45, 2.75) is 26.3 Å². The van der Waals surface area contributed by atoms with Gasteiger partial charge in [-0.3, -0.25) is 0 Å². The maximum absolute atomic E-state index is 5.03. The van der Waals surface area contributed by atoms with Crippen LogP contribution in [0.1, 0.15) is 25.6 Å².